The molecule has 0 bridgehead atoms. The molecule has 0 radical (unpaired) electrons. The lowest BCUT2D eigenvalue weighted by Crippen LogP contribution is -2.48. The van der Waals surface area contributed by atoms with Gasteiger partial charge in [0.2, 0.25) is 0 Å². The first-order valence-electron chi connectivity index (χ1n) is 5.60. The smallest absolute Gasteiger partial charge is 0.0622 e. The summed E-state index contributed by atoms with van der Waals surface area (Å²) in [5.74, 6) is 3.43. The van der Waals surface area contributed by atoms with Crippen LogP contribution in [0.2, 0.25) is 0 Å². The molecule has 1 aliphatic rings. The van der Waals surface area contributed by atoms with Crippen LogP contribution in [0.15, 0.2) is 0 Å². The fourth-order valence-corrected chi connectivity index (χ4v) is 2.98. The van der Waals surface area contributed by atoms with Gasteiger partial charge in [0.05, 0.1) is 12.1 Å². The van der Waals surface area contributed by atoms with E-state index in [4.69, 9.17) is 5.73 Å². The first-order chi connectivity index (χ1) is 6.62. The van der Waals surface area contributed by atoms with Gasteiger partial charge in [-0.15, -0.1) is 0 Å². The molecule has 1 fully saturated rings. The van der Waals surface area contributed by atoms with Crippen LogP contribution < -0.4 is 5.73 Å². The lowest BCUT2D eigenvalue weighted by atomic mass is 9.99. The Labute approximate surface area is 91.6 Å². The van der Waals surface area contributed by atoms with Crippen LogP contribution in [0.3, 0.4) is 0 Å². The third-order valence-electron chi connectivity index (χ3n) is 3.15. The molecule has 0 spiro atoms. The Morgan fingerprint density at radius 3 is 2.64 bits per heavy atom. The fourth-order valence-electron chi connectivity index (χ4n) is 1.52. The van der Waals surface area contributed by atoms with Gasteiger partial charge in [-0.1, -0.05) is 20.3 Å². The summed E-state index contributed by atoms with van der Waals surface area (Å²) < 4.78 is 0. The molecule has 0 aromatic carbocycles. The molecule has 0 saturated heterocycles. The van der Waals surface area contributed by atoms with Gasteiger partial charge in [0.25, 0.3) is 0 Å². The zero-order valence-corrected chi connectivity index (χ0v) is 10.1. The van der Waals surface area contributed by atoms with Gasteiger partial charge >= 0.3 is 0 Å². The number of aliphatic hydroxyl groups is 1. The van der Waals surface area contributed by atoms with Gasteiger partial charge in [-0.05, 0) is 30.4 Å². The Kier molecular flexibility index (Phi) is 4.74. The van der Waals surface area contributed by atoms with Crippen LogP contribution >= 0.6 is 11.8 Å². The molecule has 0 aliphatic heterocycles. The lowest BCUT2D eigenvalue weighted by molar-refractivity contribution is 0.194. The van der Waals surface area contributed by atoms with Crippen molar-refractivity contribution in [2.75, 3.05) is 18.1 Å². The highest BCUT2D eigenvalue weighted by atomic mass is 32.2. The molecule has 84 valence electrons. The molecular weight excluding hydrogens is 194 g/mol. The van der Waals surface area contributed by atoms with Crippen molar-refractivity contribution in [3.63, 3.8) is 0 Å². The van der Waals surface area contributed by atoms with Crippen LogP contribution in [0, 0.1) is 11.8 Å². The summed E-state index contributed by atoms with van der Waals surface area (Å²) in [6.07, 6.45) is 3.65. The number of thioether (sulfide) groups is 1. The number of hydrogen-bond acceptors (Lipinski definition) is 3. The third-order valence-corrected chi connectivity index (χ3v) is 4.70. The molecule has 14 heavy (non-hydrogen) atoms. The summed E-state index contributed by atoms with van der Waals surface area (Å²) >= 11 is 1.90. The maximum absolute atomic E-state index is 9.28. The minimum Gasteiger partial charge on any atom is -0.394 e. The molecule has 0 amide bonds. The maximum atomic E-state index is 9.28. The zero-order valence-electron chi connectivity index (χ0n) is 9.33. The fraction of sp³-hybridized carbons (Fsp3) is 1.00. The Hall–Kier alpha value is 0.270. The molecule has 1 aliphatic carbocycles. The van der Waals surface area contributed by atoms with Crippen molar-refractivity contribution in [1.29, 1.82) is 0 Å². The second-order valence-electron chi connectivity index (χ2n) is 4.69. The van der Waals surface area contributed by atoms with Crippen LogP contribution in [-0.2, 0) is 0 Å². The minimum atomic E-state index is -0.294. The van der Waals surface area contributed by atoms with Crippen molar-refractivity contribution < 1.29 is 5.11 Å². The van der Waals surface area contributed by atoms with Crippen molar-refractivity contribution in [1.82, 2.24) is 0 Å². The molecule has 1 saturated carbocycles. The molecule has 1 rings (SSSR count). The highest BCUT2D eigenvalue weighted by Crippen LogP contribution is 2.39. The normalized spacial score (nSPS) is 23.1. The average molecular weight is 217 g/mol. The monoisotopic (exact) mass is 217 g/mol. The molecular formula is C11H23NOS. The van der Waals surface area contributed by atoms with Gasteiger partial charge in [0.1, 0.15) is 0 Å². The van der Waals surface area contributed by atoms with E-state index in [1.165, 1.54) is 25.0 Å². The Morgan fingerprint density at radius 1 is 1.57 bits per heavy atom. The average Bonchev–Trinajstić information content (AvgIpc) is 3.00. The number of aliphatic hydroxyl groups excluding tert-OH is 1. The van der Waals surface area contributed by atoms with Crippen LogP contribution in [0.4, 0.5) is 0 Å². The van der Waals surface area contributed by atoms with Gasteiger partial charge in [-0.25, -0.2) is 0 Å². The molecule has 0 aromatic rings. The van der Waals surface area contributed by atoms with Crippen molar-refractivity contribution in [2.45, 2.75) is 38.6 Å². The summed E-state index contributed by atoms with van der Waals surface area (Å²) in [5, 5.41) is 9.28. The summed E-state index contributed by atoms with van der Waals surface area (Å²) in [7, 11) is 0. The first-order valence-corrected chi connectivity index (χ1v) is 6.75. The van der Waals surface area contributed by atoms with E-state index in [1.54, 1.807) is 0 Å². The highest BCUT2D eigenvalue weighted by Gasteiger charge is 2.41. The summed E-state index contributed by atoms with van der Waals surface area (Å²) in [4.78, 5) is 0. The molecule has 0 heterocycles. The van der Waals surface area contributed by atoms with Gasteiger partial charge in [-0.2, -0.15) is 11.8 Å². The van der Waals surface area contributed by atoms with E-state index in [0.29, 0.717) is 5.92 Å². The Balaban J connectivity index is 2.20. The number of nitrogens with two attached hydrogens (primary N) is 1. The first kappa shape index (κ1) is 12.3. The van der Waals surface area contributed by atoms with E-state index in [0.717, 1.165) is 11.7 Å². The summed E-state index contributed by atoms with van der Waals surface area (Å²) in [6, 6.07) is 0. The van der Waals surface area contributed by atoms with E-state index >= 15 is 0 Å². The predicted octanol–water partition coefficient (Wildman–Crippen LogP) is 1.87. The second-order valence-corrected chi connectivity index (χ2v) is 5.72. The van der Waals surface area contributed by atoms with Gasteiger partial charge in [0, 0.05) is 5.75 Å². The van der Waals surface area contributed by atoms with E-state index in [9.17, 15) is 5.11 Å². The third kappa shape index (κ3) is 3.44. The standard InChI is InChI=1S/C11H23NOS/c1-3-9(2)6-14-8-11(12,7-13)10-4-5-10/h9-10,13H,3-8,12H2,1-2H3. The van der Waals surface area contributed by atoms with E-state index in [1.807, 2.05) is 11.8 Å². The van der Waals surface area contributed by atoms with Crippen LogP contribution in [0.25, 0.3) is 0 Å². The molecule has 3 heteroatoms. The summed E-state index contributed by atoms with van der Waals surface area (Å²) in [6.45, 7) is 4.63. The number of hydrogen-bond donors (Lipinski definition) is 2. The summed E-state index contributed by atoms with van der Waals surface area (Å²) in [5.41, 5.74) is 5.87. The molecule has 3 N–H and O–H groups in total. The zero-order chi connectivity index (χ0) is 10.6. The van der Waals surface area contributed by atoms with Gasteiger partial charge in [0.15, 0.2) is 0 Å². The Bertz CT molecular complexity index is 173. The van der Waals surface area contributed by atoms with Crippen LogP contribution in [-0.4, -0.2) is 28.8 Å². The molecule has 2 unspecified atom stereocenters. The van der Waals surface area contributed by atoms with Crippen LogP contribution in [0.5, 0.6) is 0 Å². The Morgan fingerprint density at radius 2 is 2.21 bits per heavy atom. The number of rotatable bonds is 7. The molecule has 0 aromatic heterocycles. The predicted molar refractivity (Wildman–Crippen MR) is 63.5 cm³/mol. The van der Waals surface area contributed by atoms with Gasteiger partial charge in [-0.3, -0.25) is 0 Å². The lowest BCUT2D eigenvalue weighted by Gasteiger charge is -2.27. The van der Waals surface area contributed by atoms with Crippen molar-refractivity contribution in [3.8, 4) is 0 Å². The van der Waals surface area contributed by atoms with E-state index in [-0.39, 0.29) is 12.1 Å². The second kappa shape index (κ2) is 5.38. The van der Waals surface area contributed by atoms with E-state index in [2.05, 4.69) is 13.8 Å². The minimum absolute atomic E-state index is 0.144. The topological polar surface area (TPSA) is 46.2 Å². The van der Waals surface area contributed by atoms with Gasteiger partial charge < -0.3 is 10.8 Å². The highest BCUT2D eigenvalue weighted by molar-refractivity contribution is 7.99. The van der Waals surface area contributed by atoms with Crippen molar-refractivity contribution in [3.05, 3.63) is 0 Å². The quantitative estimate of drug-likeness (QED) is 0.684. The SMILES string of the molecule is CCC(C)CSCC(N)(CO)C1CC1. The van der Waals surface area contributed by atoms with E-state index < -0.39 is 0 Å². The molecule has 2 atom stereocenters. The largest absolute Gasteiger partial charge is 0.394 e. The maximum Gasteiger partial charge on any atom is 0.0622 e. The van der Waals surface area contributed by atoms with Crippen molar-refractivity contribution in [2.24, 2.45) is 17.6 Å². The molecule has 2 nitrogen and oxygen atoms in total. The van der Waals surface area contributed by atoms with Crippen LogP contribution in [0.1, 0.15) is 33.1 Å². The van der Waals surface area contributed by atoms with Crippen molar-refractivity contribution >= 4 is 11.8 Å².